The molecule has 39 heavy (non-hydrogen) atoms. The number of β-amino-alcohol motifs (C(OH)–C–C–N with tert-alkyl or cyclic N) is 2. The first-order chi connectivity index (χ1) is 18.0. The number of nitrogens with one attached hydrogen (secondary N) is 1. The van der Waals surface area contributed by atoms with Crippen LogP contribution in [0, 0.1) is 17.5 Å². The minimum absolute atomic E-state index is 0.0465. The summed E-state index contributed by atoms with van der Waals surface area (Å²) < 4.78 is 122. The fourth-order valence-corrected chi connectivity index (χ4v) is 4.10. The number of halogens is 9. The van der Waals surface area contributed by atoms with Crippen LogP contribution in [0.5, 0.6) is 0 Å². The monoisotopic (exact) mass is 572 g/mol. The van der Waals surface area contributed by atoms with Crippen LogP contribution in [0.1, 0.15) is 11.8 Å². The van der Waals surface area contributed by atoms with Crippen molar-refractivity contribution in [3.05, 3.63) is 63.7 Å². The molecule has 0 amide bonds. The van der Waals surface area contributed by atoms with Gasteiger partial charge in [-0.05, 0) is 12.1 Å². The SMILES string of the molecule is O=c1c(C(O)NC(C(F)(F)F)C(F)(F)F)cn(-c2c(F)cc(F)cc2F)c2nc(N3C[C@@H](O)[C@H](O)C3)ccc12. The van der Waals surface area contributed by atoms with E-state index in [2.05, 4.69) is 4.98 Å². The molecule has 17 heteroatoms. The molecule has 8 nitrogen and oxygen atoms in total. The first kappa shape index (κ1) is 28.6. The van der Waals surface area contributed by atoms with Gasteiger partial charge in [0, 0.05) is 31.4 Å². The Bertz CT molecular complexity index is 1410. The van der Waals surface area contributed by atoms with Crippen LogP contribution in [0.15, 0.2) is 35.3 Å². The standard InChI is InChI=1S/C22H17F9N4O4/c23-8-3-11(24)16(12(25)4-8)35-5-10(19(39)33-20(21(26,27)28)22(29,30)31)17(38)9-1-2-15(32-18(9)35)34-6-13(36)14(37)7-34/h1-5,13-14,19-20,33,36-37,39H,6-7H2/t13-,14-,19?/m1/s1. The number of nitrogens with zero attached hydrogens (tertiary/aromatic N) is 3. The lowest BCUT2D eigenvalue weighted by atomic mass is 10.1. The minimum atomic E-state index is -5.95. The van der Waals surface area contributed by atoms with Gasteiger partial charge in [-0.1, -0.05) is 0 Å². The van der Waals surface area contributed by atoms with E-state index in [1.54, 1.807) is 0 Å². The number of fused-ring (bicyclic) bond motifs is 1. The number of aromatic nitrogens is 2. The molecule has 3 atom stereocenters. The van der Waals surface area contributed by atoms with Gasteiger partial charge < -0.3 is 20.2 Å². The molecule has 3 aromatic rings. The second-order valence-electron chi connectivity index (χ2n) is 8.67. The number of aliphatic hydroxyl groups is 3. The second kappa shape index (κ2) is 9.96. The Morgan fingerprint density at radius 3 is 2.00 bits per heavy atom. The van der Waals surface area contributed by atoms with Crippen LogP contribution in [0.4, 0.5) is 45.3 Å². The molecule has 212 valence electrons. The molecular formula is C22H17F9N4O4. The average Bonchev–Trinajstić information content (AvgIpc) is 3.14. The van der Waals surface area contributed by atoms with Crippen molar-refractivity contribution in [2.45, 2.75) is 36.8 Å². The van der Waals surface area contributed by atoms with Crippen molar-refractivity contribution in [1.82, 2.24) is 14.9 Å². The molecule has 3 heterocycles. The predicted molar refractivity (Wildman–Crippen MR) is 115 cm³/mol. The van der Waals surface area contributed by atoms with Crippen LogP contribution in [0.3, 0.4) is 0 Å². The summed E-state index contributed by atoms with van der Waals surface area (Å²) in [6.45, 7) is -0.305. The molecule has 0 saturated carbocycles. The fraction of sp³-hybridized carbons (Fsp3) is 0.364. The summed E-state index contributed by atoms with van der Waals surface area (Å²) in [5.74, 6) is -4.59. The summed E-state index contributed by atoms with van der Waals surface area (Å²) in [6.07, 6.45) is -16.9. The lowest BCUT2D eigenvalue weighted by Gasteiger charge is -2.27. The Kier molecular flexibility index (Phi) is 7.30. The molecule has 0 spiro atoms. The lowest BCUT2D eigenvalue weighted by molar-refractivity contribution is -0.265. The van der Waals surface area contributed by atoms with Crippen molar-refractivity contribution in [1.29, 1.82) is 0 Å². The second-order valence-corrected chi connectivity index (χ2v) is 8.67. The minimum Gasteiger partial charge on any atom is -0.389 e. The normalized spacial score (nSPS) is 19.4. The molecule has 1 saturated heterocycles. The van der Waals surface area contributed by atoms with Crippen LogP contribution >= 0.6 is 0 Å². The number of rotatable bonds is 5. The molecule has 1 unspecified atom stereocenters. The van der Waals surface area contributed by atoms with E-state index >= 15 is 0 Å². The summed E-state index contributed by atoms with van der Waals surface area (Å²) in [5.41, 5.74) is -4.22. The highest BCUT2D eigenvalue weighted by Gasteiger charge is 2.57. The Morgan fingerprint density at radius 1 is 0.949 bits per heavy atom. The maximum atomic E-state index is 14.7. The molecule has 0 bridgehead atoms. The van der Waals surface area contributed by atoms with Crippen LogP contribution in [-0.4, -0.2) is 68.6 Å². The number of alkyl halides is 6. The van der Waals surface area contributed by atoms with Crippen molar-refractivity contribution < 1.29 is 54.8 Å². The zero-order valence-corrected chi connectivity index (χ0v) is 19.1. The van der Waals surface area contributed by atoms with Crippen molar-refractivity contribution in [2.24, 2.45) is 0 Å². The van der Waals surface area contributed by atoms with Gasteiger partial charge in [0.2, 0.25) is 6.04 Å². The quantitative estimate of drug-likeness (QED) is 0.275. The van der Waals surface area contributed by atoms with Gasteiger partial charge in [-0.15, -0.1) is 0 Å². The fourth-order valence-electron chi connectivity index (χ4n) is 4.10. The van der Waals surface area contributed by atoms with E-state index in [4.69, 9.17) is 0 Å². The summed E-state index contributed by atoms with van der Waals surface area (Å²) in [5, 5.41) is 30.1. The van der Waals surface area contributed by atoms with Crippen LogP contribution in [0.25, 0.3) is 16.7 Å². The molecule has 2 aromatic heterocycles. The van der Waals surface area contributed by atoms with Crippen molar-refractivity contribution >= 4 is 16.9 Å². The number of anilines is 1. The van der Waals surface area contributed by atoms with Crippen LogP contribution in [0.2, 0.25) is 0 Å². The first-order valence-corrected chi connectivity index (χ1v) is 10.9. The van der Waals surface area contributed by atoms with Crippen LogP contribution in [-0.2, 0) is 0 Å². The Morgan fingerprint density at radius 2 is 1.49 bits per heavy atom. The topological polar surface area (TPSA) is 111 Å². The highest BCUT2D eigenvalue weighted by atomic mass is 19.4. The maximum Gasteiger partial charge on any atom is 0.412 e. The van der Waals surface area contributed by atoms with Gasteiger partial charge in [-0.25, -0.2) is 18.2 Å². The molecule has 1 aliphatic rings. The maximum absolute atomic E-state index is 14.7. The van der Waals surface area contributed by atoms with Crippen molar-refractivity contribution in [3.63, 3.8) is 0 Å². The number of aliphatic hydroxyl groups excluding tert-OH is 3. The first-order valence-electron chi connectivity index (χ1n) is 10.9. The molecule has 4 N–H and O–H groups in total. The van der Waals surface area contributed by atoms with Gasteiger partial charge >= 0.3 is 12.4 Å². The van der Waals surface area contributed by atoms with Gasteiger partial charge in [-0.2, -0.15) is 26.3 Å². The van der Waals surface area contributed by atoms with Gasteiger partial charge in [0.1, 0.15) is 23.6 Å². The van der Waals surface area contributed by atoms with Gasteiger partial charge in [0.15, 0.2) is 22.7 Å². The summed E-state index contributed by atoms with van der Waals surface area (Å²) in [7, 11) is 0. The van der Waals surface area contributed by atoms with E-state index in [-0.39, 0.29) is 31.0 Å². The van der Waals surface area contributed by atoms with E-state index in [0.29, 0.717) is 10.8 Å². The molecular weight excluding hydrogens is 555 g/mol. The van der Waals surface area contributed by atoms with Gasteiger partial charge in [0.05, 0.1) is 23.2 Å². The van der Waals surface area contributed by atoms with Crippen molar-refractivity contribution in [2.75, 3.05) is 18.0 Å². The molecule has 4 rings (SSSR count). The lowest BCUT2D eigenvalue weighted by Crippen LogP contribution is -2.54. The smallest absolute Gasteiger partial charge is 0.389 e. The molecule has 1 fully saturated rings. The molecule has 0 aliphatic carbocycles. The van der Waals surface area contributed by atoms with E-state index in [1.807, 2.05) is 0 Å². The molecule has 1 aromatic carbocycles. The van der Waals surface area contributed by atoms with E-state index < -0.39 is 82.0 Å². The van der Waals surface area contributed by atoms with Gasteiger partial charge in [-0.3, -0.25) is 14.7 Å². The number of benzene rings is 1. The van der Waals surface area contributed by atoms with E-state index in [9.17, 15) is 59.6 Å². The number of hydrogen-bond acceptors (Lipinski definition) is 7. The Hall–Kier alpha value is -3.41. The zero-order chi connectivity index (χ0) is 29.0. The third-order valence-corrected chi connectivity index (χ3v) is 5.94. The summed E-state index contributed by atoms with van der Waals surface area (Å²) in [4.78, 5) is 18.4. The van der Waals surface area contributed by atoms with Crippen molar-refractivity contribution in [3.8, 4) is 5.69 Å². The summed E-state index contributed by atoms with van der Waals surface area (Å²) in [6, 6.07) is -1.74. The predicted octanol–water partition coefficient (Wildman–Crippen LogP) is 2.42. The number of hydrogen-bond donors (Lipinski definition) is 4. The summed E-state index contributed by atoms with van der Waals surface area (Å²) >= 11 is 0. The van der Waals surface area contributed by atoms with E-state index in [0.717, 1.165) is 17.4 Å². The largest absolute Gasteiger partial charge is 0.412 e. The molecule has 0 radical (unpaired) electrons. The third kappa shape index (κ3) is 5.52. The van der Waals surface area contributed by atoms with E-state index in [1.165, 1.54) is 4.90 Å². The Labute approximate surface area is 211 Å². The highest BCUT2D eigenvalue weighted by Crippen LogP contribution is 2.35. The highest BCUT2D eigenvalue weighted by molar-refractivity contribution is 5.80. The number of pyridine rings is 2. The van der Waals surface area contributed by atoms with Gasteiger partial charge in [0.25, 0.3) is 0 Å². The third-order valence-electron chi connectivity index (χ3n) is 5.94. The zero-order valence-electron chi connectivity index (χ0n) is 19.1. The van der Waals surface area contributed by atoms with Crippen LogP contribution < -0.4 is 15.6 Å². The molecule has 1 aliphatic heterocycles. The Balaban J connectivity index is 1.94. The average molecular weight is 572 g/mol.